The first-order valence-corrected chi connectivity index (χ1v) is 7.76. The van der Waals surface area contributed by atoms with E-state index in [2.05, 4.69) is 17.1 Å². The Hall–Kier alpha value is -2.34. The van der Waals surface area contributed by atoms with Crippen molar-refractivity contribution in [1.29, 1.82) is 0 Å². The Labute approximate surface area is 135 Å². The number of rotatable bonds is 3. The molecule has 6 nitrogen and oxygen atoms in total. The van der Waals surface area contributed by atoms with E-state index >= 15 is 0 Å². The van der Waals surface area contributed by atoms with Crippen molar-refractivity contribution in [2.75, 3.05) is 40.3 Å². The molecule has 0 saturated carbocycles. The van der Waals surface area contributed by atoms with Crippen molar-refractivity contribution in [3.05, 3.63) is 36.0 Å². The molecule has 1 saturated heterocycles. The highest BCUT2D eigenvalue weighted by molar-refractivity contribution is 5.93. The lowest BCUT2D eigenvalue weighted by atomic mass is 10.1. The van der Waals surface area contributed by atoms with Gasteiger partial charge in [0.15, 0.2) is 11.5 Å². The van der Waals surface area contributed by atoms with Gasteiger partial charge in [-0.25, -0.2) is 0 Å². The Morgan fingerprint density at radius 1 is 1.17 bits per heavy atom. The maximum Gasteiger partial charge on any atom is 0.276 e. The van der Waals surface area contributed by atoms with E-state index in [0.717, 1.165) is 43.9 Å². The van der Waals surface area contributed by atoms with Gasteiger partial charge in [0, 0.05) is 31.3 Å². The minimum absolute atomic E-state index is 0.0659. The van der Waals surface area contributed by atoms with Gasteiger partial charge >= 0.3 is 0 Å². The van der Waals surface area contributed by atoms with Crippen LogP contribution in [-0.4, -0.2) is 61.2 Å². The van der Waals surface area contributed by atoms with Gasteiger partial charge in [0.2, 0.25) is 0 Å². The third-order valence-corrected chi connectivity index (χ3v) is 4.11. The van der Waals surface area contributed by atoms with Gasteiger partial charge in [0.1, 0.15) is 5.75 Å². The van der Waals surface area contributed by atoms with E-state index in [4.69, 9.17) is 9.26 Å². The van der Waals surface area contributed by atoms with E-state index in [0.29, 0.717) is 11.5 Å². The first-order chi connectivity index (χ1) is 11.2. The Balaban J connectivity index is 1.73. The van der Waals surface area contributed by atoms with Gasteiger partial charge in [0.05, 0.1) is 7.11 Å². The quantitative estimate of drug-likeness (QED) is 0.868. The number of ether oxygens (including phenoxy) is 1. The van der Waals surface area contributed by atoms with Crippen LogP contribution >= 0.6 is 0 Å². The van der Waals surface area contributed by atoms with E-state index < -0.39 is 0 Å². The second kappa shape index (κ2) is 6.83. The minimum Gasteiger partial charge on any atom is -0.497 e. The molecule has 0 atom stereocenters. The van der Waals surface area contributed by atoms with E-state index in [1.54, 1.807) is 13.2 Å². The number of carbonyl (C=O) groups is 1. The molecular formula is C17H21N3O3. The highest BCUT2D eigenvalue weighted by Gasteiger charge is 2.22. The molecule has 0 bridgehead atoms. The summed E-state index contributed by atoms with van der Waals surface area (Å²) in [6, 6.07) is 9.18. The van der Waals surface area contributed by atoms with Gasteiger partial charge < -0.3 is 19.1 Å². The maximum absolute atomic E-state index is 12.6. The molecule has 122 valence electrons. The highest BCUT2D eigenvalue weighted by atomic mass is 16.5. The van der Waals surface area contributed by atoms with Crippen molar-refractivity contribution >= 4 is 5.91 Å². The second-order valence-electron chi connectivity index (χ2n) is 5.75. The largest absolute Gasteiger partial charge is 0.497 e. The molecule has 2 heterocycles. The number of benzene rings is 1. The molecule has 0 unspecified atom stereocenters. The summed E-state index contributed by atoms with van der Waals surface area (Å²) in [7, 11) is 3.70. The number of hydrogen-bond donors (Lipinski definition) is 0. The number of amides is 1. The van der Waals surface area contributed by atoms with Crippen LogP contribution in [0.1, 0.15) is 16.9 Å². The van der Waals surface area contributed by atoms with E-state index in [-0.39, 0.29) is 5.91 Å². The lowest BCUT2D eigenvalue weighted by molar-refractivity contribution is 0.0752. The summed E-state index contributed by atoms with van der Waals surface area (Å²) in [4.78, 5) is 16.7. The van der Waals surface area contributed by atoms with E-state index in [1.165, 1.54) is 0 Å². The van der Waals surface area contributed by atoms with Crippen LogP contribution < -0.4 is 4.74 Å². The third kappa shape index (κ3) is 3.53. The first kappa shape index (κ1) is 15.6. The monoisotopic (exact) mass is 315 g/mol. The number of carbonyl (C=O) groups excluding carboxylic acids is 1. The molecule has 1 aliphatic rings. The summed E-state index contributed by atoms with van der Waals surface area (Å²) in [5.74, 6) is 1.30. The van der Waals surface area contributed by atoms with Crippen LogP contribution in [-0.2, 0) is 0 Å². The molecule has 2 aromatic rings. The molecule has 1 aromatic heterocycles. The Morgan fingerprint density at radius 2 is 1.96 bits per heavy atom. The van der Waals surface area contributed by atoms with Crippen LogP contribution in [0.5, 0.6) is 5.75 Å². The lowest BCUT2D eigenvalue weighted by Crippen LogP contribution is -2.34. The SMILES string of the molecule is COc1ccc(-c2cc(C(=O)N3CCCN(C)CC3)no2)cc1. The van der Waals surface area contributed by atoms with Crippen molar-refractivity contribution in [3.63, 3.8) is 0 Å². The van der Waals surface area contributed by atoms with Gasteiger partial charge in [-0.1, -0.05) is 5.16 Å². The van der Waals surface area contributed by atoms with Crippen LogP contribution in [0.4, 0.5) is 0 Å². The fourth-order valence-corrected chi connectivity index (χ4v) is 2.68. The van der Waals surface area contributed by atoms with Crippen LogP contribution in [0.25, 0.3) is 11.3 Å². The molecule has 1 fully saturated rings. The van der Waals surface area contributed by atoms with Gasteiger partial charge in [-0.2, -0.15) is 0 Å². The van der Waals surface area contributed by atoms with Gasteiger partial charge in [-0.05, 0) is 44.3 Å². The number of hydrogen-bond acceptors (Lipinski definition) is 5. The lowest BCUT2D eigenvalue weighted by Gasteiger charge is -2.18. The van der Waals surface area contributed by atoms with E-state index in [1.807, 2.05) is 29.2 Å². The molecule has 23 heavy (non-hydrogen) atoms. The van der Waals surface area contributed by atoms with Crippen molar-refractivity contribution in [3.8, 4) is 17.1 Å². The average molecular weight is 315 g/mol. The average Bonchev–Trinajstić information content (AvgIpc) is 2.97. The summed E-state index contributed by atoms with van der Waals surface area (Å²) in [6.07, 6.45) is 0.978. The molecule has 1 amide bonds. The molecule has 0 N–H and O–H groups in total. The molecular weight excluding hydrogens is 294 g/mol. The van der Waals surface area contributed by atoms with Crippen molar-refractivity contribution in [2.24, 2.45) is 0 Å². The zero-order valence-corrected chi connectivity index (χ0v) is 13.5. The molecule has 0 aliphatic carbocycles. The third-order valence-electron chi connectivity index (χ3n) is 4.11. The van der Waals surface area contributed by atoms with Crippen LogP contribution in [0, 0.1) is 0 Å². The topological polar surface area (TPSA) is 58.8 Å². The fraction of sp³-hybridized carbons (Fsp3) is 0.412. The van der Waals surface area contributed by atoms with Gasteiger partial charge in [-0.15, -0.1) is 0 Å². The van der Waals surface area contributed by atoms with E-state index in [9.17, 15) is 4.79 Å². The Bertz CT molecular complexity index is 666. The molecule has 0 radical (unpaired) electrons. The minimum atomic E-state index is -0.0659. The van der Waals surface area contributed by atoms with Crippen LogP contribution in [0.3, 0.4) is 0 Å². The van der Waals surface area contributed by atoms with Gasteiger partial charge in [-0.3, -0.25) is 4.79 Å². The molecule has 1 aliphatic heterocycles. The normalized spacial score (nSPS) is 16.2. The van der Waals surface area contributed by atoms with Crippen LogP contribution in [0.15, 0.2) is 34.9 Å². The summed E-state index contributed by atoms with van der Waals surface area (Å²) in [6.45, 7) is 3.38. The summed E-state index contributed by atoms with van der Waals surface area (Å²) >= 11 is 0. The number of aromatic nitrogens is 1. The Morgan fingerprint density at radius 3 is 2.70 bits per heavy atom. The molecule has 6 heteroatoms. The second-order valence-corrected chi connectivity index (χ2v) is 5.75. The van der Waals surface area contributed by atoms with Gasteiger partial charge in [0.25, 0.3) is 5.91 Å². The molecule has 1 aromatic carbocycles. The number of methoxy groups -OCH3 is 1. The predicted molar refractivity (Wildman–Crippen MR) is 86.5 cm³/mol. The Kier molecular flexibility index (Phi) is 4.62. The highest BCUT2D eigenvalue weighted by Crippen LogP contribution is 2.23. The first-order valence-electron chi connectivity index (χ1n) is 7.76. The van der Waals surface area contributed by atoms with Crippen molar-refractivity contribution in [2.45, 2.75) is 6.42 Å². The van der Waals surface area contributed by atoms with Crippen molar-refractivity contribution in [1.82, 2.24) is 15.0 Å². The fourth-order valence-electron chi connectivity index (χ4n) is 2.68. The van der Waals surface area contributed by atoms with Crippen molar-refractivity contribution < 1.29 is 14.1 Å². The molecule has 3 rings (SSSR count). The zero-order valence-electron chi connectivity index (χ0n) is 13.5. The molecule has 0 spiro atoms. The van der Waals surface area contributed by atoms with Crippen LogP contribution in [0.2, 0.25) is 0 Å². The smallest absolute Gasteiger partial charge is 0.276 e. The number of nitrogens with zero attached hydrogens (tertiary/aromatic N) is 3. The summed E-state index contributed by atoms with van der Waals surface area (Å²) in [5, 5.41) is 3.95. The summed E-state index contributed by atoms with van der Waals surface area (Å²) in [5.41, 5.74) is 1.23. The number of likely N-dealkylation sites (N-methyl/N-ethyl adjacent to an activating group) is 1. The zero-order chi connectivity index (χ0) is 16.2. The maximum atomic E-state index is 12.6. The standard InChI is InChI=1S/C17H21N3O3/c1-19-8-3-9-20(11-10-19)17(21)15-12-16(23-18-15)13-4-6-14(22-2)7-5-13/h4-7,12H,3,8-11H2,1-2H3. The summed E-state index contributed by atoms with van der Waals surface area (Å²) < 4.78 is 10.5. The predicted octanol–water partition coefficient (Wildman–Crippen LogP) is 2.13.